The quantitative estimate of drug-likeness (QED) is 0.569. The van der Waals surface area contributed by atoms with Gasteiger partial charge in [-0.05, 0) is 43.3 Å². The standard InChI is InChI=1S/C19H17N5S/c1-13-6-8-14(9-7-13)24(2)17-11-10-15-18(23-17)25-19(21-15)22-16-5-3-4-12-20-16/h3-12H,1-2H3,(H,20,21,22). The summed E-state index contributed by atoms with van der Waals surface area (Å²) >= 11 is 1.52. The Morgan fingerprint density at radius 3 is 2.56 bits per heavy atom. The van der Waals surface area contributed by atoms with Crippen LogP contribution >= 0.6 is 11.3 Å². The predicted octanol–water partition coefficient (Wildman–Crippen LogP) is 4.91. The molecule has 1 aromatic carbocycles. The Hall–Kier alpha value is -2.99. The molecule has 4 rings (SSSR count). The summed E-state index contributed by atoms with van der Waals surface area (Å²) < 4.78 is 0. The molecule has 124 valence electrons. The van der Waals surface area contributed by atoms with Gasteiger partial charge < -0.3 is 10.2 Å². The molecule has 0 radical (unpaired) electrons. The molecule has 0 unspecified atom stereocenters. The van der Waals surface area contributed by atoms with Crippen molar-refractivity contribution in [3.63, 3.8) is 0 Å². The van der Waals surface area contributed by atoms with E-state index in [1.807, 2.05) is 37.4 Å². The second-order valence-electron chi connectivity index (χ2n) is 5.75. The maximum absolute atomic E-state index is 4.76. The lowest BCUT2D eigenvalue weighted by molar-refractivity contribution is 1.15. The van der Waals surface area contributed by atoms with E-state index in [2.05, 4.69) is 51.4 Å². The number of pyridine rings is 2. The van der Waals surface area contributed by atoms with Crippen molar-refractivity contribution in [2.75, 3.05) is 17.3 Å². The normalized spacial score (nSPS) is 10.8. The largest absolute Gasteiger partial charge is 0.329 e. The van der Waals surface area contributed by atoms with Crippen molar-refractivity contribution in [1.29, 1.82) is 0 Å². The highest BCUT2D eigenvalue weighted by Crippen LogP contribution is 2.30. The van der Waals surface area contributed by atoms with E-state index in [1.54, 1.807) is 6.20 Å². The molecule has 25 heavy (non-hydrogen) atoms. The summed E-state index contributed by atoms with van der Waals surface area (Å²) in [4.78, 5) is 16.6. The van der Waals surface area contributed by atoms with E-state index in [0.717, 1.165) is 32.8 Å². The van der Waals surface area contributed by atoms with Gasteiger partial charge in [0.25, 0.3) is 0 Å². The topological polar surface area (TPSA) is 53.9 Å². The van der Waals surface area contributed by atoms with Crippen molar-refractivity contribution in [3.05, 3.63) is 66.4 Å². The van der Waals surface area contributed by atoms with Crippen LogP contribution in [0.15, 0.2) is 60.8 Å². The van der Waals surface area contributed by atoms with Crippen LogP contribution in [-0.2, 0) is 0 Å². The summed E-state index contributed by atoms with van der Waals surface area (Å²) in [6.07, 6.45) is 1.75. The number of thiazole rings is 1. The fraction of sp³-hybridized carbons (Fsp3) is 0.105. The Kier molecular flexibility index (Phi) is 4.03. The van der Waals surface area contributed by atoms with Gasteiger partial charge in [0.2, 0.25) is 0 Å². The molecule has 1 N–H and O–H groups in total. The highest BCUT2D eigenvalue weighted by Gasteiger charge is 2.10. The van der Waals surface area contributed by atoms with E-state index in [-0.39, 0.29) is 0 Å². The molecule has 4 aromatic rings. The summed E-state index contributed by atoms with van der Waals surface area (Å²) in [6, 6.07) is 18.1. The first kappa shape index (κ1) is 15.5. The van der Waals surface area contributed by atoms with Crippen LogP contribution in [0.4, 0.5) is 22.5 Å². The molecule has 0 bridgehead atoms. The van der Waals surface area contributed by atoms with Crippen molar-refractivity contribution in [3.8, 4) is 0 Å². The van der Waals surface area contributed by atoms with Crippen molar-refractivity contribution in [2.24, 2.45) is 0 Å². The minimum absolute atomic E-state index is 0.776. The van der Waals surface area contributed by atoms with Crippen LogP contribution in [-0.4, -0.2) is 22.0 Å². The zero-order chi connectivity index (χ0) is 17.2. The van der Waals surface area contributed by atoms with Crippen LogP contribution in [0.2, 0.25) is 0 Å². The van der Waals surface area contributed by atoms with Gasteiger partial charge in [-0.3, -0.25) is 0 Å². The van der Waals surface area contributed by atoms with E-state index < -0.39 is 0 Å². The van der Waals surface area contributed by atoms with Crippen LogP contribution in [0.3, 0.4) is 0 Å². The SMILES string of the molecule is Cc1ccc(N(C)c2ccc3nc(Nc4ccccn4)sc3n2)cc1. The Morgan fingerprint density at radius 1 is 0.960 bits per heavy atom. The number of fused-ring (bicyclic) bond motifs is 1. The average molecular weight is 347 g/mol. The van der Waals surface area contributed by atoms with E-state index in [1.165, 1.54) is 16.9 Å². The molecule has 0 saturated carbocycles. The Balaban J connectivity index is 1.62. The van der Waals surface area contributed by atoms with E-state index >= 15 is 0 Å². The first-order valence-corrected chi connectivity index (χ1v) is 8.77. The maximum atomic E-state index is 4.76. The minimum atomic E-state index is 0.776. The van der Waals surface area contributed by atoms with Crippen LogP contribution in [0.5, 0.6) is 0 Å². The third-order valence-corrected chi connectivity index (χ3v) is 4.79. The zero-order valence-electron chi connectivity index (χ0n) is 14.0. The van der Waals surface area contributed by atoms with Gasteiger partial charge in [-0.2, -0.15) is 0 Å². The van der Waals surface area contributed by atoms with Gasteiger partial charge in [0.05, 0.1) is 0 Å². The second-order valence-corrected chi connectivity index (χ2v) is 6.72. The van der Waals surface area contributed by atoms with Gasteiger partial charge in [-0.25, -0.2) is 15.0 Å². The van der Waals surface area contributed by atoms with Crippen LogP contribution in [0.1, 0.15) is 5.56 Å². The molecule has 0 aliphatic rings. The van der Waals surface area contributed by atoms with Gasteiger partial charge in [-0.15, -0.1) is 0 Å². The van der Waals surface area contributed by atoms with E-state index in [0.29, 0.717) is 0 Å². The van der Waals surface area contributed by atoms with E-state index in [9.17, 15) is 0 Å². The summed E-state index contributed by atoms with van der Waals surface area (Å²) in [6.45, 7) is 2.08. The number of aromatic nitrogens is 3. The molecule has 0 atom stereocenters. The monoisotopic (exact) mass is 347 g/mol. The third-order valence-electron chi connectivity index (χ3n) is 3.91. The molecule has 0 aliphatic heterocycles. The van der Waals surface area contributed by atoms with Crippen molar-refractivity contribution >= 4 is 44.1 Å². The average Bonchev–Trinajstić information content (AvgIpc) is 3.04. The lowest BCUT2D eigenvalue weighted by Gasteiger charge is -2.18. The molecule has 0 aliphatic carbocycles. The van der Waals surface area contributed by atoms with Crippen LogP contribution < -0.4 is 10.2 Å². The summed E-state index contributed by atoms with van der Waals surface area (Å²) in [7, 11) is 2.02. The molecule has 0 spiro atoms. The van der Waals surface area contributed by atoms with E-state index in [4.69, 9.17) is 4.98 Å². The number of rotatable bonds is 4. The lowest BCUT2D eigenvalue weighted by Crippen LogP contribution is -2.10. The number of anilines is 4. The Morgan fingerprint density at radius 2 is 1.80 bits per heavy atom. The van der Waals surface area contributed by atoms with Gasteiger partial charge in [-0.1, -0.05) is 35.1 Å². The smallest absolute Gasteiger partial charge is 0.190 e. The molecule has 5 nitrogen and oxygen atoms in total. The van der Waals surface area contributed by atoms with Crippen LogP contribution in [0, 0.1) is 6.92 Å². The summed E-state index contributed by atoms with van der Waals surface area (Å²) in [5.41, 5.74) is 3.23. The molecule has 0 fully saturated rings. The molecule has 6 heteroatoms. The zero-order valence-corrected chi connectivity index (χ0v) is 14.8. The molecular weight excluding hydrogens is 330 g/mol. The van der Waals surface area contributed by atoms with Crippen molar-refractivity contribution < 1.29 is 0 Å². The molecule has 3 heterocycles. The Labute approximate surface area is 150 Å². The highest BCUT2D eigenvalue weighted by atomic mass is 32.1. The van der Waals surface area contributed by atoms with Crippen molar-refractivity contribution in [2.45, 2.75) is 6.92 Å². The highest BCUT2D eigenvalue weighted by molar-refractivity contribution is 7.21. The fourth-order valence-electron chi connectivity index (χ4n) is 2.49. The molecule has 0 saturated heterocycles. The molecule has 0 amide bonds. The number of nitrogens with one attached hydrogen (secondary N) is 1. The second kappa shape index (κ2) is 6.49. The number of hydrogen-bond donors (Lipinski definition) is 1. The maximum Gasteiger partial charge on any atom is 0.190 e. The minimum Gasteiger partial charge on any atom is -0.329 e. The van der Waals surface area contributed by atoms with Gasteiger partial charge in [0.1, 0.15) is 22.0 Å². The third kappa shape index (κ3) is 3.29. The van der Waals surface area contributed by atoms with Gasteiger partial charge in [0, 0.05) is 18.9 Å². The molecular formula is C19H17N5S. The van der Waals surface area contributed by atoms with Gasteiger partial charge >= 0.3 is 0 Å². The summed E-state index contributed by atoms with van der Waals surface area (Å²) in [5, 5.41) is 4.01. The number of benzene rings is 1. The fourth-order valence-corrected chi connectivity index (χ4v) is 3.33. The van der Waals surface area contributed by atoms with Gasteiger partial charge in [0.15, 0.2) is 5.13 Å². The Bertz CT molecular complexity index is 995. The van der Waals surface area contributed by atoms with Crippen LogP contribution in [0.25, 0.3) is 10.3 Å². The first-order chi connectivity index (χ1) is 12.2. The number of nitrogens with zero attached hydrogens (tertiary/aromatic N) is 4. The van der Waals surface area contributed by atoms with Crippen molar-refractivity contribution in [1.82, 2.24) is 15.0 Å². The molecule has 3 aromatic heterocycles. The number of aryl methyl sites for hydroxylation is 1. The summed E-state index contributed by atoms with van der Waals surface area (Å²) in [5.74, 6) is 1.67. The first-order valence-electron chi connectivity index (χ1n) is 7.95. The number of hydrogen-bond acceptors (Lipinski definition) is 6. The lowest BCUT2D eigenvalue weighted by atomic mass is 10.2. The predicted molar refractivity (Wildman–Crippen MR) is 104 cm³/mol.